The van der Waals surface area contributed by atoms with Crippen molar-refractivity contribution in [1.82, 2.24) is 10.2 Å². The predicted molar refractivity (Wildman–Crippen MR) is 91.6 cm³/mol. The molecule has 1 unspecified atom stereocenters. The summed E-state index contributed by atoms with van der Waals surface area (Å²) in [6.07, 6.45) is 4.21. The average Bonchev–Trinajstić information content (AvgIpc) is 2.77. The van der Waals surface area contributed by atoms with E-state index in [1.165, 1.54) is 0 Å². The van der Waals surface area contributed by atoms with Crippen LogP contribution in [0.4, 0.5) is 0 Å². The fourth-order valence-corrected chi connectivity index (χ4v) is 2.94. The zero-order chi connectivity index (χ0) is 18.4. The predicted octanol–water partition coefficient (Wildman–Crippen LogP) is 2.15. The monoisotopic (exact) mass is 340 g/mol. The van der Waals surface area contributed by atoms with Gasteiger partial charge >= 0.3 is 0 Å². The Kier molecular flexibility index (Phi) is 4.06. The molecule has 0 saturated carbocycles. The van der Waals surface area contributed by atoms with Crippen LogP contribution in [0.5, 0.6) is 0 Å². The summed E-state index contributed by atoms with van der Waals surface area (Å²) in [7, 11) is 0. The molecule has 1 N–H and O–H groups in total. The van der Waals surface area contributed by atoms with Crippen molar-refractivity contribution in [3.8, 4) is 0 Å². The molecule has 6 heteroatoms. The van der Waals surface area contributed by atoms with Gasteiger partial charge in [-0.2, -0.15) is 0 Å². The second-order valence-corrected chi connectivity index (χ2v) is 7.45. The van der Waals surface area contributed by atoms with E-state index >= 15 is 0 Å². The lowest BCUT2D eigenvalue weighted by Gasteiger charge is -2.27. The van der Waals surface area contributed by atoms with Crippen molar-refractivity contribution in [2.45, 2.75) is 39.7 Å². The largest absolute Gasteiger partial charge is 0.295 e. The molecule has 1 aromatic carbocycles. The molecule has 0 aromatic heterocycles. The third-order valence-electron chi connectivity index (χ3n) is 4.24. The zero-order valence-electron chi connectivity index (χ0n) is 14.5. The first-order valence-corrected chi connectivity index (χ1v) is 8.22. The summed E-state index contributed by atoms with van der Waals surface area (Å²) in [5, 5.41) is 2.19. The quantitative estimate of drug-likeness (QED) is 0.836. The van der Waals surface area contributed by atoms with Crippen LogP contribution in [0, 0.1) is 5.41 Å². The molecule has 6 nitrogen and oxygen atoms in total. The summed E-state index contributed by atoms with van der Waals surface area (Å²) >= 11 is 0. The molecule has 4 amide bonds. The Morgan fingerprint density at radius 2 is 1.76 bits per heavy atom. The van der Waals surface area contributed by atoms with Crippen molar-refractivity contribution >= 4 is 29.7 Å². The van der Waals surface area contributed by atoms with Gasteiger partial charge in [0.1, 0.15) is 6.04 Å². The van der Waals surface area contributed by atoms with Crippen LogP contribution in [-0.2, 0) is 9.59 Å². The van der Waals surface area contributed by atoms with E-state index in [2.05, 4.69) is 26.1 Å². The number of rotatable bonds is 2. The van der Waals surface area contributed by atoms with Crippen molar-refractivity contribution in [3.63, 3.8) is 0 Å². The van der Waals surface area contributed by atoms with E-state index in [4.69, 9.17) is 0 Å². The fraction of sp³-hybridized carbons (Fsp3) is 0.368. The molecule has 2 heterocycles. The number of imide groups is 2. The number of nitrogens with one attached hydrogen (secondary N) is 1. The van der Waals surface area contributed by atoms with E-state index in [-0.39, 0.29) is 24.2 Å². The molecule has 0 spiro atoms. The summed E-state index contributed by atoms with van der Waals surface area (Å²) in [6, 6.07) is 4.13. The summed E-state index contributed by atoms with van der Waals surface area (Å²) < 4.78 is 0. The second kappa shape index (κ2) is 5.95. The van der Waals surface area contributed by atoms with Crippen molar-refractivity contribution in [3.05, 3.63) is 41.0 Å². The standard InChI is InChI=1S/C19H20N2O4/c1-19(2,3)9-8-11-4-5-12-13(10-11)18(25)21(17(12)24)14-6-7-15(22)20-16(14)23/h4-5,8-10,14H,6-7H2,1-3H3,(H,20,22,23). The number of amides is 4. The maximum Gasteiger partial charge on any atom is 0.262 e. The molecule has 0 radical (unpaired) electrons. The Balaban J connectivity index is 1.90. The van der Waals surface area contributed by atoms with Crippen LogP contribution >= 0.6 is 0 Å². The smallest absolute Gasteiger partial charge is 0.262 e. The number of fused-ring (bicyclic) bond motifs is 1. The Morgan fingerprint density at radius 1 is 1.08 bits per heavy atom. The molecule has 1 aromatic rings. The number of carbonyl (C=O) groups excluding carboxylic acids is 4. The summed E-state index contributed by atoms with van der Waals surface area (Å²) in [4.78, 5) is 49.6. The number of benzene rings is 1. The lowest BCUT2D eigenvalue weighted by molar-refractivity contribution is -0.136. The van der Waals surface area contributed by atoms with Crippen molar-refractivity contribution in [2.24, 2.45) is 5.41 Å². The van der Waals surface area contributed by atoms with Crippen LogP contribution in [-0.4, -0.2) is 34.6 Å². The highest BCUT2D eigenvalue weighted by Gasteiger charge is 2.44. The van der Waals surface area contributed by atoms with Gasteiger partial charge in [-0.3, -0.25) is 29.4 Å². The van der Waals surface area contributed by atoms with E-state index < -0.39 is 23.8 Å². The van der Waals surface area contributed by atoms with Gasteiger partial charge in [0, 0.05) is 6.42 Å². The fourth-order valence-electron chi connectivity index (χ4n) is 2.94. The van der Waals surface area contributed by atoms with Crippen LogP contribution < -0.4 is 5.32 Å². The normalized spacial score (nSPS) is 21.1. The average molecular weight is 340 g/mol. The molecule has 25 heavy (non-hydrogen) atoms. The van der Waals surface area contributed by atoms with Crippen LogP contribution in [0.25, 0.3) is 6.08 Å². The minimum atomic E-state index is -0.932. The highest BCUT2D eigenvalue weighted by Crippen LogP contribution is 2.29. The van der Waals surface area contributed by atoms with Gasteiger partial charge in [0.05, 0.1) is 11.1 Å². The Hall–Kier alpha value is -2.76. The molecule has 2 aliphatic heterocycles. The van der Waals surface area contributed by atoms with Crippen LogP contribution in [0.2, 0.25) is 0 Å². The van der Waals surface area contributed by atoms with Crippen molar-refractivity contribution < 1.29 is 19.2 Å². The highest BCUT2D eigenvalue weighted by atomic mass is 16.2. The molecular weight excluding hydrogens is 320 g/mol. The lowest BCUT2D eigenvalue weighted by Crippen LogP contribution is -2.54. The minimum absolute atomic E-state index is 0.00238. The van der Waals surface area contributed by atoms with Crippen LogP contribution in [0.3, 0.4) is 0 Å². The topological polar surface area (TPSA) is 83.6 Å². The minimum Gasteiger partial charge on any atom is -0.295 e. The van der Waals surface area contributed by atoms with E-state index in [0.717, 1.165) is 10.5 Å². The maximum absolute atomic E-state index is 12.7. The van der Waals surface area contributed by atoms with Gasteiger partial charge in [-0.05, 0) is 29.5 Å². The number of carbonyl (C=O) groups is 4. The van der Waals surface area contributed by atoms with E-state index in [1.54, 1.807) is 18.2 Å². The molecule has 0 aliphatic carbocycles. The van der Waals surface area contributed by atoms with Gasteiger partial charge < -0.3 is 0 Å². The Labute approximate surface area is 145 Å². The first-order chi connectivity index (χ1) is 11.7. The molecule has 3 rings (SSSR count). The lowest BCUT2D eigenvalue weighted by atomic mass is 9.95. The number of allylic oxidation sites excluding steroid dienone is 1. The van der Waals surface area contributed by atoms with Gasteiger partial charge in [0.2, 0.25) is 11.8 Å². The molecule has 130 valence electrons. The number of nitrogens with zero attached hydrogens (tertiary/aromatic N) is 1. The van der Waals surface area contributed by atoms with Crippen molar-refractivity contribution in [2.75, 3.05) is 0 Å². The Bertz CT molecular complexity index is 817. The highest BCUT2D eigenvalue weighted by molar-refractivity contribution is 6.23. The third kappa shape index (κ3) is 3.24. The molecule has 1 fully saturated rings. The number of piperidine rings is 1. The van der Waals surface area contributed by atoms with Gasteiger partial charge in [-0.15, -0.1) is 0 Å². The van der Waals surface area contributed by atoms with Gasteiger partial charge in [0.15, 0.2) is 0 Å². The number of hydrogen-bond acceptors (Lipinski definition) is 4. The molecule has 2 aliphatic rings. The van der Waals surface area contributed by atoms with Gasteiger partial charge in [0.25, 0.3) is 11.8 Å². The summed E-state index contributed by atoms with van der Waals surface area (Å²) in [5.41, 5.74) is 1.41. The van der Waals surface area contributed by atoms with Crippen LogP contribution in [0.15, 0.2) is 24.3 Å². The molecular formula is C19H20N2O4. The molecule has 1 atom stereocenters. The SMILES string of the molecule is CC(C)(C)C=Cc1ccc2c(c1)C(=O)N(C1CCC(=O)NC1=O)C2=O. The van der Waals surface area contributed by atoms with Gasteiger partial charge in [-0.1, -0.05) is 39.0 Å². The van der Waals surface area contributed by atoms with E-state index in [1.807, 2.05) is 12.2 Å². The Morgan fingerprint density at radius 3 is 2.40 bits per heavy atom. The number of hydrogen-bond donors (Lipinski definition) is 1. The van der Waals surface area contributed by atoms with E-state index in [0.29, 0.717) is 11.1 Å². The zero-order valence-corrected chi connectivity index (χ0v) is 14.5. The summed E-state index contributed by atoms with van der Waals surface area (Å²) in [6.45, 7) is 6.20. The van der Waals surface area contributed by atoms with Gasteiger partial charge in [-0.25, -0.2) is 0 Å². The van der Waals surface area contributed by atoms with Crippen LogP contribution in [0.1, 0.15) is 59.9 Å². The maximum atomic E-state index is 12.7. The molecule has 0 bridgehead atoms. The third-order valence-corrected chi connectivity index (χ3v) is 4.24. The first-order valence-electron chi connectivity index (χ1n) is 8.22. The van der Waals surface area contributed by atoms with E-state index in [9.17, 15) is 19.2 Å². The molecule has 1 saturated heterocycles. The first kappa shape index (κ1) is 17.1. The summed E-state index contributed by atoms with van der Waals surface area (Å²) in [5.74, 6) is -1.95. The second-order valence-electron chi connectivity index (χ2n) is 7.45. The van der Waals surface area contributed by atoms with Crippen molar-refractivity contribution in [1.29, 1.82) is 0 Å².